The van der Waals surface area contributed by atoms with Crippen LogP contribution in [-0.4, -0.2) is 21.7 Å². The Morgan fingerprint density at radius 1 is 0.600 bits per heavy atom. The highest BCUT2D eigenvalue weighted by Crippen LogP contribution is 2.39. The number of rotatable bonds is 5. The first kappa shape index (κ1) is 20.7. The largest absolute Gasteiger partial charge is 0.494 e. The van der Waals surface area contributed by atoms with Crippen LogP contribution in [0.15, 0.2) is 120 Å². The Morgan fingerprint density at radius 3 is 1.69 bits per heavy atom. The van der Waals surface area contributed by atoms with Gasteiger partial charge in [-0.3, -0.25) is 4.79 Å². The van der Waals surface area contributed by atoms with E-state index in [0.29, 0.717) is 22.5 Å². The third-order valence-corrected chi connectivity index (χ3v) is 6.13. The molecule has 0 bridgehead atoms. The van der Waals surface area contributed by atoms with Gasteiger partial charge in [0.15, 0.2) is 5.88 Å². The summed E-state index contributed by atoms with van der Waals surface area (Å²) in [6.07, 6.45) is 0. The molecule has 4 aromatic carbocycles. The maximum Gasteiger partial charge on any atom is 0.280 e. The fraction of sp³-hybridized carbons (Fsp3) is 0. The monoisotopic (exact) mass is 455 g/mol. The predicted octanol–water partition coefficient (Wildman–Crippen LogP) is 6.85. The first-order valence-corrected chi connectivity index (χ1v) is 11.3. The number of nitrogens with one attached hydrogen (secondary N) is 1. The quantitative estimate of drug-likeness (QED) is 0.305. The summed E-state index contributed by atoms with van der Waals surface area (Å²) in [5.41, 5.74) is 6.54. The smallest absolute Gasteiger partial charge is 0.280 e. The van der Waals surface area contributed by atoms with Crippen molar-refractivity contribution < 1.29 is 9.90 Å². The highest BCUT2D eigenvalue weighted by atomic mass is 16.3. The fourth-order valence-corrected chi connectivity index (χ4v) is 4.54. The molecular weight excluding hydrogens is 434 g/mol. The minimum atomic E-state index is -0.357. The van der Waals surface area contributed by atoms with Gasteiger partial charge in [0, 0.05) is 22.6 Å². The van der Waals surface area contributed by atoms with Crippen LogP contribution in [0.2, 0.25) is 0 Å². The van der Waals surface area contributed by atoms with E-state index in [-0.39, 0.29) is 11.8 Å². The predicted molar refractivity (Wildman–Crippen MR) is 139 cm³/mol. The number of carbonyl (C=O) groups is 1. The zero-order chi connectivity index (χ0) is 23.8. The number of aromatic nitrogens is 1. The summed E-state index contributed by atoms with van der Waals surface area (Å²) in [7, 11) is 0. The van der Waals surface area contributed by atoms with Crippen molar-refractivity contribution in [2.24, 2.45) is 4.99 Å². The van der Waals surface area contributed by atoms with Crippen LogP contribution in [0.4, 0.5) is 17.1 Å². The number of anilines is 3. The first-order valence-electron chi connectivity index (χ1n) is 11.3. The normalized spacial score (nSPS) is 12.3. The molecule has 0 saturated heterocycles. The Bertz CT molecular complexity index is 1500. The van der Waals surface area contributed by atoms with E-state index in [0.717, 1.165) is 28.2 Å². The van der Waals surface area contributed by atoms with Gasteiger partial charge in [-0.25, -0.2) is 4.99 Å². The Balaban J connectivity index is 1.40. The van der Waals surface area contributed by atoms with Crippen LogP contribution < -0.4 is 4.90 Å². The summed E-state index contributed by atoms with van der Waals surface area (Å²) in [5.74, 6) is -0.410. The maximum absolute atomic E-state index is 12.9. The highest BCUT2D eigenvalue weighted by Gasteiger charge is 2.33. The summed E-state index contributed by atoms with van der Waals surface area (Å²) in [4.78, 5) is 22.3. The van der Waals surface area contributed by atoms with E-state index < -0.39 is 0 Å². The second-order valence-electron chi connectivity index (χ2n) is 8.28. The summed E-state index contributed by atoms with van der Waals surface area (Å²) >= 11 is 0. The zero-order valence-electron chi connectivity index (χ0n) is 18.7. The van der Waals surface area contributed by atoms with Crippen molar-refractivity contribution in [3.8, 4) is 17.1 Å². The van der Waals surface area contributed by atoms with Crippen LogP contribution in [0.3, 0.4) is 0 Å². The van der Waals surface area contributed by atoms with Crippen LogP contribution in [0.25, 0.3) is 11.3 Å². The van der Waals surface area contributed by atoms with Crippen molar-refractivity contribution >= 4 is 28.7 Å². The van der Waals surface area contributed by atoms with Gasteiger partial charge in [0.05, 0.1) is 22.5 Å². The van der Waals surface area contributed by atoms with E-state index in [2.05, 4.69) is 39.1 Å². The SMILES string of the molecule is O=C1N=C(c2ccc(N(c3ccccc3)c3ccccc3)cc2)c2c(O)[nH]c(-c3ccccc3)c21. The van der Waals surface area contributed by atoms with Crippen LogP contribution in [0.1, 0.15) is 21.5 Å². The molecule has 2 N–H and O–H groups in total. The molecule has 5 aromatic rings. The Labute approximate surface area is 202 Å². The fourth-order valence-electron chi connectivity index (χ4n) is 4.54. The van der Waals surface area contributed by atoms with Gasteiger partial charge in [-0.1, -0.05) is 78.9 Å². The van der Waals surface area contributed by atoms with Gasteiger partial charge in [0.1, 0.15) is 0 Å². The van der Waals surface area contributed by atoms with Crippen LogP contribution in [0, 0.1) is 0 Å². The Kier molecular flexibility index (Phi) is 5.00. The number of carbonyl (C=O) groups excluding carboxylic acids is 1. The molecule has 1 aliphatic heterocycles. The minimum Gasteiger partial charge on any atom is -0.494 e. The lowest BCUT2D eigenvalue weighted by molar-refractivity contribution is 0.101. The number of hydrogen-bond donors (Lipinski definition) is 2. The molecule has 1 aliphatic rings. The number of nitrogens with zero attached hydrogens (tertiary/aromatic N) is 2. The van der Waals surface area contributed by atoms with Gasteiger partial charge in [-0.15, -0.1) is 0 Å². The molecule has 0 saturated carbocycles. The third-order valence-electron chi connectivity index (χ3n) is 6.13. The summed E-state index contributed by atoms with van der Waals surface area (Å²) in [6.45, 7) is 0. The average molecular weight is 456 g/mol. The van der Waals surface area contributed by atoms with Crippen molar-refractivity contribution in [2.75, 3.05) is 4.90 Å². The third kappa shape index (κ3) is 3.60. The van der Waals surface area contributed by atoms with Gasteiger partial charge in [-0.05, 0) is 42.0 Å². The molecule has 6 rings (SSSR count). The van der Waals surface area contributed by atoms with E-state index >= 15 is 0 Å². The molecule has 0 spiro atoms. The lowest BCUT2D eigenvalue weighted by atomic mass is 10.00. The van der Waals surface area contributed by atoms with Gasteiger partial charge in [0.25, 0.3) is 5.91 Å². The molecule has 0 atom stereocenters. The Morgan fingerprint density at radius 2 is 1.11 bits per heavy atom. The molecule has 5 nitrogen and oxygen atoms in total. The topological polar surface area (TPSA) is 68.7 Å². The van der Waals surface area contributed by atoms with E-state index in [1.807, 2.05) is 91.0 Å². The zero-order valence-corrected chi connectivity index (χ0v) is 18.7. The van der Waals surface area contributed by atoms with E-state index in [1.165, 1.54) is 0 Å². The van der Waals surface area contributed by atoms with Gasteiger partial charge in [-0.2, -0.15) is 0 Å². The number of aromatic amines is 1. The van der Waals surface area contributed by atoms with E-state index in [1.54, 1.807) is 0 Å². The van der Waals surface area contributed by atoms with Crippen LogP contribution >= 0.6 is 0 Å². The van der Waals surface area contributed by atoms with E-state index in [9.17, 15) is 9.90 Å². The molecule has 0 unspecified atom stereocenters. The van der Waals surface area contributed by atoms with Crippen molar-refractivity contribution in [2.45, 2.75) is 0 Å². The second kappa shape index (κ2) is 8.47. The molecule has 35 heavy (non-hydrogen) atoms. The Hall–Kier alpha value is -4.90. The van der Waals surface area contributed by atoms with E-state index in [4.69, 9.17) is 0 Å². The van der Waals surface area contributed by atoms with Gasteiger partial charge in [0.2, 0.25) is 0 Å². The number of hydrogen-bond acceptors (Lipinski definition) is 3. The molecule has 5 heteroatoms. The number of para-hydroxylation sites is 2. The number of benzene rings is 4. The van der Waals surface area contributed by atoms with Crippen molar-refractivity contribution in [1.82, 2.24) is 4.98 Å². The molecule has 1 amide bonds. The van der Waals surface area contributed by atoms with Crippen molar-refractivity contribution in [1.29, 1.82) is 0 Å². The summed E-state index contributed by atoms with van der Waals surface area (Å²) in [5, 5.41) is 10.7. The van der Waals surface area contributed by atoms with Gasteiger partial charge < -0.3 is 15.0 Å². The van der Waals surface area contributed by atoms with Crippen molar-refractivity contribution in [3.63, 3.8) is 0 Å². The van der Waals surface area contributed by atoms with Crippen molar-refractivity contribution in [3.05, 3.63) is 132 Å². The van der Waals surface area contributed by atoms with Crippen LogP contribution in [-0.2, 0) is 0 Å². The van der Waals surface area contributed by atoms with Gasteiger partial charge >= 0.3 is 0 Å². The standard InChI is InChI=1S/C30H21N3O2/c34-29-25-26(30(35)31-27(25)20-10-4-1-5-11-20)28(32-29)21-16-18-24(19-17-21)33(22-12-6-2-7-13-22)23-14-8-3-9-15-23/h1-19,31,35H. The lowest BCUT2D eigenvalue weighted by Crippen LogP contribution is -2.10. The number of amides is 1. The molecule has 2 heterocycles. The number of fused-ring (bicyclic) bond motifs is 1. The molecule has 0 aliphatic carbocycles. The number of H-pyrrole nitrogens is 1. The highest BCUT2D eigenvalue weighted by molar-refractivity contribution is 6.30. The maximum atomic E-state index is 12.9. The molecular formula is C30H21N3O2. The molecule has 0 fully saturated rings. The first-order chi connectivity index (χ1) is 17.2. The minimum absolute atomic E-state index is 0.0530. The summed E-state index contributed by atoms with van der Waals surface area (Å²) in [6, 6.07) is 37.7. The molecule has 1 aromatic heterocycles. The lowest BCUT2D eigenvalue weighted by Gasteiger charge is -2.25. The molecule has 0 radical (unpaired) electrons. The van der Waals surface area contributed by atoms with Crippen LogP contribution in [0.5, 0.6) is 5.88 Å². The number of aliphatic imine (C=N–C) groups is 1. The second-order valence-corrected chi connectivity index (χ2v) is 8.28. The summed E-state index contributed by atoms with van der Waals surface area (Å²) < 4.78 is 0. The average Bonchev–Trinajstić information content (AvgIpc) is 3.44. The molecule has 168 valence electrons. The number of aromatic hydroxyl groups is 1.